The van der Waals surface area contributed by atoms with Crippen molar-refractivity contribution in [2.75, 3.05) is 7.11 Å². The lowest BCUT2D eigenvalue weighted by atomic mass is 10.1. The molecule has 0 heterocycles. The van der Waals surface area contributed by atoms with Crippen LogP contribution in [0.3, 0.4) is 0 Å². The van der Waals surface area contributed by atoms with E-state index >= 15 is 0 Å². The van der Waals surface area contributed by atoms with Crippen LogP contribution in [0, 0.1) is 0 Å². The summed E-state index contributed by atoms with van der Waals surface area (Å²) >= 11 is 0. The number of carbonyl (C=O) groups excluding carboxylic acids is 2. The Morgan fingerprint density at radius 3 is 1.79 bits per heavy atom. The first-order chi connectivity index (χ1) is 6.54. The molecular weight excluding hydrogens is 188 g/mol. The number of methoxy groups -OCH3 is 1. The van der Waals surface area contributed by atoms with Crippen LogP contribution in [-0.2, 0) is 0 Å². The van der Waals surface area contributed by atoms with Gasteiger partial charge in [0.2, 0.25) is 0 Å². The van der Waals surface area contributed by atoms with E-state index in [1.807, 2.05) is 0 Å². The first-order valence-electron chi connectivity index (χ1n) is 3.66. The monoisotopic (exact) mass is 194 g/mol. The molecule has 1 aromatic rings. The molecule has 0 radical (unpaired) electrons. The highest BCUT2D eigenvalue weighted by Gasteiger charge is 2.02. The third kappa shape index (κ3) is 2.01. The number of carboxylic acid groups (broad SMARTS) is 2. The van der Waals surface area contributed by atoms with E-state index in [0.717, 1.165) is 6.07 Å². The molecule has 0 amide bonds. The Bertz CT molecular complexity index is 351. The molecule has 0 saturated heterocycles. The largest absolute Gasteiger partial charge is 0.545 e. The number of hydrogen-bond donors (Lipinski definition) is 0. The summed E-state index contributed by atoms with van der Waals surface area (Å²) in [5, 5.41) is 20.9. The minimum atomic E-state index is -1.47. The van der Waals surface area contributed by atoms with Crippen molar-refractivity contribution in [2.24, 2.45) is 0 Å². The number of rotatable bonds is 3. The molecule has 0 N–H and O–H groups in total. The second kappa shape index (κ2) is 3.78. The zero-order chi connectivity index (χ0) is 10.7. The van der Waals surface area contributed by atoms with Crippen LogP contribution in [0.1, 0.15) is 20.7 Å². The van der Waals surface area contributed by atoms with Crippen molar-refractivity contribution in [2.45, 2.75) is 0 Å². The maximum Gasteiger partial charge on any atom is 0.120 e. The topological polar surface area (TPSA) is 89.5 Å². The summed E-state index contributed by atoms with van der Waals surface area (Å²) in [4.78, 5) is 20.9. The molecule has 0 saturated carbocycles. The highest BCUT2D eigenvalue weighted by molar-refractivity contribution is 5.92. The molecular formula is C9H6O5-2. The summed E-state index contributed by atoms with van der Waals surface area (Å²) in [7, 11) is 1.30. The molecule has 0 fully saturated rings. The van der Waals surface area contributed by atoms with E-state index in [4.69, 9.17) is 4.74 Å². The Hall–Kier alpha value is -2.04. The molecule has 0 spiro atoms. The van der Waals surface area contributed by atoms with Gasteiger partial charge in [0.1, 0.15) is 5.75 Å². The van der Waals surface area contributed by atoms with Crippen LogP contribution in [0.4, 0.5) is 0 Å². The van der Waals surface area contributed by atoms with E-state index in [1.165, 1.54) is 19.2 Å². The Morgan fingerprint density at radius 1 is 1.07 bits per heavy atom. The van der Waals surface area contributed by atoms with Crippen molar-refractivity contribution >= 4 is 11.9 Å². The van der Waals surface area contributed by atoms with Gasteiger partial charge in [0.05, 0.1) is 19.0 Å². The minimum Gasteiger partial charge on any atom is -0.545 e. The van der Waals surface area contributed by atoms with Gasteiger partial charge < -0.3 is 24.5 Å². The van der Waals surface area contributed by atoms with Gasteiger partial charge in [0, 0.05) is 11.1 Å². The molecule has 74 valence electrons. The Kier molecular flexibility index (Phi) is 2.71. The number of ether oxygens (including phenoxy) is 1. The second-order valence-electron chi connectivity index (χ2n) is 2.53. The second-order valence-corrected chi connectivity index (χ2v) is 2.53. The summed E-state index contributed by atoms with van der Waals surface area (Å²) in [5.41, 5.74) is -0.521. The number of hydrogen-bond acceptors (Lipinski definition) is 5. The summed E-state index contributed by atoms with van der Waals surface area (Å²) in [5.74, 6) is -2.80. The van der Waals surface area contributed by atoms with E-state index in [2.05, 4.69) is 0 Å². The Morgan fingerprint density at radius 2 is 1.50 bits per heavy atom. The normalized spacial score (nSPS) is 9.50. The van der Waals surface area contributed by atoms with Gasteiger partial charge in [-0.3, -0.25) is 0 Å². The molecule has 5 heteroatoms. The van der Waals surface area contributed by atoms with Gasteiger partial charge in [-0.1, -0.05) is 0 Å². The number of carboxylic acids is 2. The summed E-state index contributed by atoms with van der Waals surface area (Å²) in [6.45, 7) is 0. The van der Waals surface area contributed by atoms with Crippen LogP contribution in [0.15, 0.2) is 18.2 Å². The van der Waals surface area contributed by atoms with Crippen molar-refractivity contribution in [1.82, 2.24) is 0 Å². The first kappa shape index (κ1) is 10.0. The zero-order valence-corrected chi connectivity index (χ0v) is 7.27. The molecule has 1 aromatic carbocycles. The highest BCUT2D eigenvalue weighted by Crippen LogP contribution is 2.16. The Balaban J connectivity index is 3.27. The van der Waals surface area contributed by atoms with Crippen LogP contribution < -0.4 is 14.9 Å². The van der Waals surface area contributed by atoms with Gasteiger partial charge >= 0.3 is 0 Å². The van der Waals surface area contributed by atoms with E-state index < -0.39 is 11.9 Å². The minimum absolute atomic E-state index is 0.130. The lowest BCUT2D eigenvalue weighted by molar-refractivity contribution is -0.255. The van der Waals surface area contributed by atoms with Crippen molar-refractivity contribution in [1.29, 1.82) is 0 Å². The van der Waals surface area contributed by atoms with Crippen molar-refractivity contribution < 1.29 is 24.5 Å². The van der Waals surface area contributed by atoms with Gasteiger partial charge in [0.15, 0.2) is 0 Å². The number of carbonyl (C=O) groups is 2. The first-order valence-corrected chi connectivity index (χ1v) is 3.66. The fraction of sp³-hybridized carbons (Fsp3) is 0.111. The maximum absolute atomic E-state index is 10.5. The van der Waals surface area contributed by atoms with Crippen LogP contribution in [0.25, 0.3) is 0 Å². The van der Waals surface area contributed by atoms with Crippen LogP contribution in [0.2, 0.25) is 0 Å². The average molecular weight is 194 g/mol. The van der Waals surface area contributed by atoms with Crippen molar-refractivity contribution in [3.63, 3.8) is 0 Å². The SMILES string of the molecule is COc1cc(C(=O)[O-])cc(C(=O)[O-])c1. The van der Waals surface area contributed by atoms with E-state index in [0.29, 0.717) is 0 Å². The van der Waals surface area contributed by atoms with Gasteiger partial charge in [-0.2, -0.15) is 0 Å². The van der Waals surface area contributed by atoms with Gasteiger partial charge in [-0.05, 0) is 18.2 Å². The summed E-state index contributed by atoms with van der Waals surface area (Å²) in [6, 6.07) is 3.29. The van der Waals surface area contributed by atoms with Crippen LogP contribution in [-0.4, -0.2) is 19.0 Å². The summed E-state index contributed by atoms with van der Waals surface area (Å²) in [6.07, 6.45) is 0. The molecule has 1 rings (SSSR count). The van der Waals surface area contributed by atoms with Crippen LogP contribution in [0.5, 0.6) is 5.75 Å². The van der Waals surface area contributed by atoms with E-state index in [1.54, 1.807) is 0 Å². The summed E-state index contributed by atoms with van der Waals surface area (Å²) < 4.78 is 4.71. The smallest absolute Gasteiger partial charge is 0.120 e. The van der Waals surface area contributed by atoms with E-state index in [9.17, 15) is 19.8 Å². The molecule has 0 atom stereocenters. The van der Waals surface area contributed by atoms with Gasteiger partial charge in [-0.15, -0.1) is 0 Å². The quantitative estimate of drug-likeness (QED) is 0.579. The molecule has 0 bridgehead atoms. The average Bonchev–Trinajstić information content (AvgIpc) is 2.16. The molecule has 5 nitrogen and oxygen atoms in total. The molecule has 0 unspecified atom stereocenters. The third-order valence-electron chi connectivity index (χ3n) is 1.61. The standard InChI is InChI=1S/C9H8O5/c1-14-7-3-5(8(10)11)2-6(4-7)9(12)13/h2-4H,1H3,(H,10,11)(H,12,13)/p-2. The predicted molar refractivity (Wildman–Crippen MR) is 41.7 cm³/mol. The van der Waals surface area contributed by atoms with Gasteiger partial charge in [-0.25, -0.2) is 0 Å². The third-order valence-corrected chi connectivity index (χ3v) is 1.61. The maximum atomic E-state index is 10.5. The fourth-order valence-corrected chi connectivity index (χ4v) is 0.953. The number of benzene rings is 1. The Labute approximate surface area is 79.6 Å². The van der Waals surface area contributed by atoms with E-state index in [-0.39, 0.29) is 16.9 Å². The zero-order valence-electron chi connectivity index (χ0n) is 7.27. The fourth-order valence-electron chi connectivity index (χ4n) is 0.953. The highest BCUT2D eigenvalue weighted by atomic mass is 16.5. The van der Waals surface area contributed by atoms with Gasteiger partial charge in [0.25, 0.3) is 0 Å². The molecule has 0 aliphatic rings. The molecule has 0 aromatic heterocycles. The molecule has 14 heavy (non-hydrogen) atoms. The molecule has 0 aliphatic heterocycles. The van der Waals surface area contributed by atoms with Crippen LogP contribution >= 0.6 is 0 Å². The lowest BCUT2D eigenvalue weighted by Crippen LogP contribution is -2.25. The molecule has 0 aliphatic carbocycles. The predicted octanol–water partition coefficient (Wildman–Crippen LogP) is -1.58. The van der Waals surface area contributed by atoms with Crippen molar-refractivity contribution in [3.05, 3.63) is 29.3 Å². The number of aromatic carboxylic acids is 2. The van der Waals surface area contributed by atoms with Crippen molar-refractivity contribution in [3.8, 4) is 5.75 Å². The lowest BCUT2D eigenvalue weighted by Gasteiger charge is -2.09.